The summed E-state index contributed by atoms with van der Waals surface area (Å²) in [5.74, 6) is 0. The van der Waals surface area contributed by atoms with Gasteiger partial charge < -0.3 is 5.73 Å². The van der Waals surface area contributed by atoms with Crippen molar-refractivity contribution in [1.82, 2.24) is 0 Å². The fourth-order valence-electron chi connectivity index (χ4n) is 1.25. The van der Waals surface area contributed by atoms with Gasteiger partial charge in [0.15, 0.2) is 0 Å². The van der Waals surface area contributed by atoms with Gasteiger partial charge in [-0.05, 0) is 31.0 Å². The molecule has 0 saturated heterocycles. The van der Waals surface area contributed by atoms with Crippen LogP contribution in [0, 0.1) is 0 Å². The molecule has 2 heteroatoms. The largest absolute Gasteiger partial charge is 0.321 e. The van der Waals surface area contributed by atoms with Crippen molar-refractivity contribution in [3.05, 3.63) is 47.0 Å². The van der Waals surface area contributed by atoms with E-state index < -0.39 is 0 Å². The topological polar surface area (TPSA) is 26.0 Å². The van der Waals surface area contributed by atoms with E-state index in [1.165, 1.54) is 0 Å². The van der Waals surface area contributed by atoms with Gasteiger partial charge >= 0.3 is 0 Å². The molecule has 0 aliphatic carbocycles. The molecule has 1 rings (SSSR count). The zero-order chi connectivity index (χ0) is 9.90. The van der Waals surface area contributed by atoms with E-state index in [1.54, 1.807) is 0 Å². The van der Waals surface area contributed by atoms with Crippen molar-refractivity contribution in [3.8, 4) is 0 Å². The van der Waals surface area contributed by atoms with Crippen LogP contribution in [0.5, 0.6) is 0 Å². The van der Waals surface area contributed by atoms with Crippen molar-refractivity contribution in [2.75, 3.05) is 0 Å². The van der Waals surface area contributed by atoms with Gasteiger partial charge in [0.05, 0.1) is 0 Å². The number of halogens is 1. The van der Waals surface area contributed by atoms with Gasteiger partial charge in [0.25, 0.3) is 0 Å². The molecule has 1 aromatic carbocycles. The van der Waals surface area contributed by atoms with Crippen molar-refractivity contribution in [3.63, 3.8) is 0 Å². The average molecular weight is 240 g/mol. The quantitative estimate of drug-likeness (QED) is 0.806. The highest BCUT2D eigenvalue weighted by Crippen LogP contribution is 2.23. The third-order valence-electron chi connectivity index (χ3n) is 2.07. The first-order chi connectivity index (χ1) is 6.06. The van der Waals surface area contributed by atoms with E-state index in [4.69, 9.17) is 5.73 Å². The Balaban J connectivity index is 2.93. The highest BCUT2D eigenvalue weighted by atomic mass is 79.9. The fourth-order valence-corrected chi connectivity index (χ4v) is 1.51. The molecule has 70 valence electrons. The number of rotatable bonds is 3. The van der Waals surface area contributed by atoms with Crippen molar-refractivity contribution < 1.29 is 0 Å². The lowest BCUT2D eigenvalue weighted by molar-refractivity contribution is 0.502. The molecule has 0 saturated carbocycles. The first-order valence-corrected chi connectivity index (χ1v) is 5.01. The molecule has 2 N–H and O–H groups in total. The molecule has 13 heavy (non-hydrogen) atoms. The number of hydrogen-bond acceptors (Lipinski definition) is 1. The maximum absolute atomic E-state index is 6.11. The van der Waals surface area contributed by atoms with Crippen LogP contribution >= 0.6 is 15.9 Å². The van der Waals surface area contributed by atoms with Gasteiger partial charge in [-0.1, -0.05) is 34.1 Å². The van der Waals surface area contributed by atoms with Gasteiger partial charge in [-0.3, -0.25) is 0 Å². The van der Waals surface area contributed by atoms with Gasteiger partial charge in [0.2, 0.25) is 0 Å². The Bertz CT molecular complexity index is 287. The summed E-state index contributed by atoms with van der Waals surface area (Å²) < 4.78 is 1.07. The summed E-state index contributed by atoms with van der Waals surface area (Å²) in [4.78, 5) is 0. The Morgan fingerprint density at radius 1 is 1.46 bits per heavy atom. The molecule has 0 fully saturated rings. The van der Waals surface area contributed by atoms with Gasteiger partial charge in [0.1, 0.15) is 0 Å². The minimum Gasteiger partial charge on any atom is -0.321 e. The Labute approximate surface area is 87.8 Å². The van der Waals surface area contributed by atoms with E-state index in [0.717, 1.165) is 16.5 Å². The van der Waals surface area contributed by atoms with Crippen molar-refractivity contribution in [1.29, 1.82) is 0 Å². The normalized spacial score (nSPS) is 15.0. The molecular weight excluding hydrogens is 226 g/mol. The molecule has 1 nitrogen and oxygen atoms in total. The molecule has 0 bridgehead atoms. The van der Waals surface area contributed by atoms with Crippen LogP contribution in [0.15, 0.2) is 41.4 Å². The fraction of sp³-hybridized carbons (Fsp3) is 0.273. The maximum Gasteiger partial charge on any atom is 0.0415 e. The lowest BCUT2D eigenvalue weighted by Gasteiger charge is -2.23. The van der Waals surface area contributed by atoms with Crippen LogP contribution in [-0.4, -0.2) is 0 Å². The SMILES string of the molecule is C=CC[C@](C)(N)c1ccc(Br)cc1. The van der Waals surface area contributed by atoms with E-state index in [2.05, 4.69) is 22.5 Å². The highest BCUT2D eigenvalue weighted by molar-refractivity contribution is 9.10. The molecule has 0 amide bonds. The second-order valence-corrected chi connectivity index (χ2v) is 4.33. The van der Waals surface area contributed by atoms with Crippen LogP contribution in [0.4, 0.5) is 0 Å². The van der Waals surface area contributed by atoms with Gasteiger partial charge in [0, 0.05) is 10.0 Å². The summed E-state index contributed by atoms with van der Waals surface area (Å²) in [6.07, 6.45) is 2.64. The van der Waals surface area contributed by atoms with E-state index in [0.29, 0.717) is 0 Å². The van der Waals surface area contributed by atoms with E-state index in [9.17, 15) is 0 Å². The lowest BCUT2D eigenvalue weighted by Crippen LogP contribution is -2.32. The monoisotopic (exact) mass is 239 g/mol. The van der Waals surface area contributed by atoms with E-state index in [-0.39, 0.29) is 5.54 Å². The van der Waals surface area contributed by atoms with Crippen LogP contribution in [0.25, 0.3) is 0 Å². The predicted octanol–water partition coefficient (Wildman–Crippen LogP) is 3.20. The summed E-state index contributed by atoms with van der Waals surface area (Å²) in [5, 5.41) is 0. The van der Waals surface area contributed by atoms with Gasteiger partial charge in [-0.2, -0.15) is 0 Å². The molecule has 0 unspecified atom stereocenters. The summed E-state index contributed by atoms with van der Waals surface area (Å²) >= 11 is 3.39. The van der Waals surface area contributed by atoms with Crippen LogP contribution in [0.1, 0.15) is 18.9 Å². The first kappa shape index (κ1) is 10.5. The third kappa shape index (κ3) is 2.68. The zero-order valence-corrected chi connectivity index (χ0v) is 9.34. The Kier molecular flexibility index (Phi) is 3.28. The highest BCUT2D eigenvalue weighted by Gasteiger charge is 2.18. The van der Waals surface area contributed by atoms with Crippen LogP contribution in [-0.2, 0) is 5.54 Å². The molecule has 1 atom stereocenters. The number of benzene rings is 1. The minimum absolute atomic E-state index is 0.303. The summed E-state index contributed by atoms with van der Waals surface area (Å²) in [7, 11) is 0. The molecule has 0 heterocycles. The summed E-state index contributed by atoms with van der Waals surface area (Å²) in [6.45, 7) is 5.71. The third-order valence-corrected chi connectivity index (χ3v) is 2.60. The Morgan fingerprint density at radius 3 is 2.46 bits per heavy atom. The second-order valence-electron chi connectivity index (χ2n) is 3.42. The summed E-state index contributed by atoms with van der Waals surface area (Å²) in [6, 6.07) is 8.08. The Morgan fingerprint density at radius 2 is 2.00 bits per heavy atom. The zero-order valence-electron chi connectivity index (χ0n) is 7.76. The predicted molar refractivity (Wildman–Crippen MR) is 60.5 cm³/mol. The first-order valence-electron chi connectivity index (χ1n) is 4.22. The smallest absolute Gasteiger partial charge is 0.0415 e. The molecule has 0 aromatic heterocycles. The molecule has 1 aromatic rings. The van der Waals surface area contributed by atoms with Crippen molar-refractivity contribution in [2.24, 2.45) is 5.73 Å². The van der Waals surface area contributed by atoms with Crippen LogP contribution in [0.2, 0.25) is 0 Å². The second kappa shape index (κ2) is 4.07. The van der Waals surface area contributed by atoms with Gasteiger partial charge in [-0.15, -0.1) is 6.58 Å². The molecule has 0 aliphatic rings. The lowest BCUT2D eigenvalue weighted by atomic mass is 9.90. The average Bonchev–Trinajstić information content (AvgIpc) is 2.05. The van der Waals surface area contributed by atoms with E-state index >= 15 is 0 Å². The molecule has 0 radical (unpaired) electrons. The maximum atomic E-state index is 6.11. The van der Waals surface area contributed by atoms with Crippen LogP contribution < -0.4 is 5.73 Å². The Hall–Kier alpha value is -0.600. The number of hydrogen-bond donors (Lipinski definition) is 1. The standard InChI is InChI=1S/C11H14BrN/c1-3-8-11(2,13)9-4-6-10(12)7-5-9/h3-7H,1,8,13H2,2H3/t11-/m0/s1. The molecule has 0 spiro atoms. The van der Waals surface area contributed by atoms with Gasteiger partial charge in [-0.25, -0.2) is 0 Å². The van der Waals surface area contributed by atoms with E-state index in [1.807, 2.05) is 37.3 Å². The number of nitrogens with two attached hydrogens (primary N) is 1. The van der Waals surface area contributed by atoms with Crippen molar-refractivity contribution in [2.45, 2.75) is 18.9 Å². The molecule has 0 aliphatic heterocycles. The molecular formula is C11H14BrN. The van der Waals surface area contributed by atoms with Crippen molar-refractivity contribution >= 4 is 15.9 Å². The summed E-state index contributed by atoms with van der Waals surface area (Å²) in [5.41, 5.74) is 6.94. The minimum atomic E-state index is -0.303. The van der Waals surface area contributed by atoms with Crippen LogP contribution in [0.3, 0.4) is 0 Å².